The molecular weight excluding hydrogens is 567 g/mol. The van der Waals surface area contributed by atoms with Crippen molar-refractivity contribution in [2.45, 2.75) is 44.8 Å². The zero-order valence-electron chi connectivity index (χ0n) is 24.7. The highest BCUT2D eigenvalue weighted by Gasteiger charge is 2.35. The van der Waals surface area contributed by atoms with Gasteiger partial charge in [0.15, 0.2) is 5.83 Å². The molecule has 43 heavy (non-hydrogen) atoms. The van der Waals surface area contributed by atoms with E-state index in [0.29, 0.717) is 55.7 Å². The molecule has 0 spiro atoms. The van der Waals surface area contributed by atoms with Crippen molar-refractivity contribution < 1.29 is 13.9 Å². The molecule has 2 unspecified atom stereocenters. The van der Waals surface area contributed by atoms with Crippen LogP contribution in [0.25, 0.3) is 10.8 Å². The number of fused-ring (bicyclic) bond motifs is 2. The van der Waals surface area contributed by atoms with Crippen LogP contribution in [-0.4, -0.2) is 79.2 Å². The summed E-state index contributed by atoms with van der Waals surface area (Å²) in [6.07, 6.45) is 2.83. The number of amides is 1. The van der Waals surface area contributed by atoms with Crippen molar-refractivity contribution in [3.63, 3.8) is 0 Å². The number of likely N-dealkylation sites (tertiary alicyclic amines) is 1. The molecule has 0 bridgehead atoms. The second kappa shape index (κ2) is 12.0. The monoisotopic (exact) mass is 602 g/mol. The van der Waals surface area contributed by atoms with Crippen molar-refractivity contribution in [1.29, 1.82) is 5.26 Å². The van der Waals surface area contributed by atoms with Gasteiger partial charge in [0.05, 0.1) is 22.9 Å². The molecule has 0 radical (unpaired) electrons. The van der Waals surface area contributed by atoms with Gasteiger partial charge in [-0.3, -0.25) is 4.79 Å². The number of hydrogen-bond acceptors (Lipinski definition) is 7. The summed E-state index contributed by atoms with van der Waals surface area (Å²) in [5, 5.41) is 13.3. The average molecular weight is 603 g/mol. The minimum atomic E-state index is -0.958. The highest BCUT2D eigenvalue weighted by atomic mass is 35.5. The van der Waals surface area contributed by atoms with Crippen molar-refractivity contribution in [3.8, 4) is 11.9 Å². The molecule has 2 aromatic carbocycles. The van der Waals surface area contributed by atoms with E-state index in [1.54, 1.807) is 0 Å². The number of nitriles is 1. The lowest BCUT2D eigenvalue weighted by molar-refractivity contribution is -0.131. The first-order valence-corrected chi connectivity index (χ1v) is 15.3. The van der Waals surface area contributed by atoms with Gasteiger partial charge in [-0.05, 0) is 57.3 Å². The van der Waals surface area contributed by atoms with Gasteiger partial charge < -0.3 is 24.3 Å². The second-order valence-electron chi connectivity index (χ2n) is 11.8. The van der Waals surface area contributed by atoms with E-state index in [2.05, 4.69) is 52.6 Å². The Hall–Kier alpha value is -3.87. The third-order valence-electron chi connectivity index (χ3n) is 9.10. The molecule has 2 fully saturated rings. The maximum atomic E-state index is 13.7. The Morgan fingerprint density at radius 3 is 2.67 bits per heavy atom. The summed E-state index contributed by atoms with van der Waals surface area (Å²) < 4.78 is 20.1. The average Bonchev–Trinajstić information content (AvgIpc) is 3.42. The number of anilines is 2. The fraction of sp³-hybridized carbons (Fsp3) is 0.424. The molecule has 0 N–H and O–H groups in total. The van der Waals surface area contributed by atoms with Crippen LogP contribution in [0.1, 0.15) is 36.6 Å². The standard InChI is InChI=1S/C33H36ClFN6O2/c1-21-18-40(15-16-41(21)33(42)22(2)35)31-25-12-14-39(29-11-5-8-23-7-4-10-27(34)30(23)29)19-28(25)37-32(26(31)17-36)43-20-24-9-6-13-38(24)3/h4-5,7-8,10-11,21,24H,2,6,9,12-16,18-20H2,1,3H3. The van der Waals surface area contributed by atoms with Gasteiger partial charge in [0, 0.05) is 54.9 Å². The Morgan fingerprint density at radius 2 is 1.98 bits per heavy atom. The van der Waals surface area contributed by atoms with Crippen LogP contribution >= 0.6 is 11.6 Å². The normalized spacial score (nSPS) is 20.7. The predicted molar refractivity (Wildman–Crippen MR) is 167 cm³/mol. The Labute approximate surface area is 256 Å². The van der Waals surface area contributed by atoms with E-state index in [1.807, 2.05) is 25.1 Å². The quantitative estimate of drug-likeness (QED) is 0.354. The lowest BCUT2D eigenvalue weighted by Gasteiger charge is -2.42. The van der Waals surface area contributed by atoms with Gasteiger partial charge in [0.2, 0.25) is 5.88 Å². The molecule has 10 heteroatoms. The number of carbonyl (C=O) groups excluding carboxylic acids is 1. The Morgan fingerprint density at radius 1 is 1.19 bits per heavy atom. The van der Waals surface area contributed by atoms with Crippen molar-refractivity contribution in [2.75, 3.05) is 56.2 Å². The van der Waals surface area contributed by atoms with Crippen LogP contribution in [-0.2, 0) is 17.8 Å². The minimum absolute atomic E-state index is 0.265. The molecule has 1 amide bonds. The first-order chi connectivity index (χ1) is 20.8. The van der Waals surface area contributed by atoms with Gasteiger partial charge in [0.25, 0.3) is 5.91 Å². The van der Waals surface area contributed by atoms with Crippen LogP contribution in [0.5, 0.6) is 5.88 Å². The van der Waals surface area contributed by atoms with E-state index in [-0.39, 0.29) is 12.1 Å². The van der Waals surface area contributed by atoms with E-state index in [1.165, 1.54) is 4.90 Å². The Bertz CT molecular complexity index is 1620. The SMILES string of the molecule is C=C(F)C(=O)N1CCN(c2c(C#N)c(OCC3CCCN3C)nc3c2CCN(c2cccc4cccc(Cl)c24)C3)CC1C. The van der Waals surface area contributed by atoms with Gasteiger partial charge in [-0.15, -0.1) is 0 Å². The van der Waals surface area contributed by atoms with Crippen molar-refractivity contribution in [1.82, 2.24) is 14.8 Å². The second-order valence-corrected chi connectivity index (χ2v) is 12.2. The number of piperazine rings is 1. The van der Waals surface area contributed by atoms with E-state index >= 15 is 0 Å². The van der Waals surface area contributed by atoms with Crippen LogP contribution in [0.4, 0.5) is 15.8 Å². The number of ether oxygens (including phenoxy) is 1. The number of hydrogen-bond donors (Lipinski definition) is 0. The molecule has 6 rings (SSSR count). The molecule has 224 valence electrons. The summed E-state index contributed by atoms with van der Waals surface area (Å²) in [6.45, 7) is 9.07. The highest BCUT2D eigenvalue weighted by molar-refractivity contribution is 6.36. The van der Waals surface area contributed by atoms with Gasteiger partial charge in [-0.2, -0.15) is 5.26 Å². The summed E-state index contributed by atoms with van der Waals surface area (Å²) in [6, 6.07) is 14.5. The van der Waals surface area contributed by atoms with E-state index < -0.39 is 11.7 Å². The lowest BCUT2D eigenvalue weighted by atomic mass is 9.96. The fourth-order valence-electron chi connectivity index (χ4n) is 6.82. The van der Waals surface area contributed by atoms with Crippen LogP contribution in [0.15, 0.2) is 48.8 Å². The number of rotatable bonds is 6. The van der Waals surface area contributed by atoms with Crippen LogP contribution in [0.2, 0.25) is 5.02 Å². The smallest absolute Gasteiger partial charge is 0.282 e. The number of benzene rings is 2. The molecular formula is C33H36ClFN6O2. The molecule has 1 aromatic heterocycles. The molecule has 8 nitrogen and oxygen atoms in total. The molecule has 3 aromatic rings. The summed E-state index contributed by atoms with van der Waals surface area (Å²) >= 11 is 6.69. The number of carbonyl (C=O) groups is 1. The first kappa shape index (κ1) is 29.2. The summed E-state index contributed by atoms with van der Waals surface area (Å²) in [5.41, 5.74) is 4.16. The van der Waals surface area contributed by atoms with E-state index in [4.69, 9.17) is 21.3 Å². The molecule has 3 aliphatic rings. The van der Waals surface area contributed by atoms with Crippen LogP contribution in [0, 0.1) is 11.3 Å². The molecule has 2 atom stereocenters. The van der Waals surface area contributed by atoms with Gasteiger partial charge in [0.1, 0.15) is 18.2 Å². The number of likely N-dealkylation sites (N-methyl/N-ethyl adjacent to an activating group) is 1. The zero-order valence-corrected chi connectivity index (χ0v) is 25.4. The van der Waals surface area contributed by atoms with Gasteiger partial charge >= 0.3 is 0 Å². The van der Waals surface area contributed by atoms with Crippen molar-refractivity contribution >= 4 is 39.7 Å². The molecule has 3 aliphatic heterocycles. The number of aromatic nitrogens is 1. The number of halogens is 2. The number of pyridine rings is 1. The summed E-state index contributed by atoms with van der Waals surface area (Å²) in [4.78, 5) is 25.7. The van der Waals surface area contributed by atoms with Gasteiger partial charge in [-0.1, -0.05) is 42.4 Å². The van der Waals surface area contributed by atoms with Crippen molar-refractivity contribution in [3.05, 3.63) is 70.6 Å². The molecule has 4 heterocycles. The topological polar surface area (TPSA) is 75.9 Å². The Kier molecular flexibility index (Phi) is 8.17. The fourth-order valence-corrected chi connectivity index (χ4v) is 7.10. The maximum absolute atomic E-state index is 13.7. The van der Waals surface area contributed by atoms with E-state index in [9.17, 15) is 14.4 Å². The third kappa shape index (κ3) is 5.50. The van der Waals surface area contributed by atoms with Crippen molar-refractivity contribution in [2.24, 2.45) is 0 Å². The van der Waals surface area contributed by atoms with Crippen LogP contribution < -0.4 is 14.5 Å². The maximum Gasteiger partial charge on any atom is 0.282 e. The lowest BCUT2D eigenvalue weighted by Crippen LogP contribution is -2.54. The van der Waals surface area contributed by atoms with E-state index in [0.717, 1.165) is 59.3 Å². The highest BCUT2D eigenvalue weighted by Crippen LogP contribution is 2.40. The number of nitrogens with zero attached hydrogens (tertiary/aromatic N) is 6. The third-order valence-corrected chi connectivity index (χ3v) is 9.41. The molecule has 0 aliphatic carbocycles. The summed E-state index contributed by atoms with van der Waals surface area (Å²) in [5.74, 6) is -1.29. The Balaban J connectivity index is 1.39. The summed E-state index contributed by atoms with van der Waals surface area (Å²) in [7, 11) is 2.10. The van der Waals surface area contributed by atoms with Gasteiger partial charge in [-0.25, -0.2) is 9.37 Å². The minimum Gasteiger partial charge on any atom is -0.475 e. The first-order valence-electron chi connectivity index (χ1n) is 14.9. The molecule has 2 saturated heterocycles. The molecule has 0 saturated carbocycles. The zero-order chi connectivity index (χ0) is 30.2. The van der Waals surface area contributed by atoms with Crippen LogP contribution in [0.3, 0.4) is 0 Å². The predicted octanol–water partition coefficient (Wildman–Crippen LogP) is 5.32. The largest absolute Gasteiger partial charge is 0.475 e.